The van der Waals surface area contributed by atoms with Gasteiger partial charge >= 0.3 is 0 Å². The molecule has 3 nitrogen and oxygen atoms in total. The van der Waals surface area contributed by atoms with E-state index in [-0.39, 0.29) is 0 Å². The maximum atomic E-state index is 9.89. The van der Waals surface area contributed by atoms with Gasteiger partial charge < -0.3 is 10.4 Å². The van der Waals surface area contributed by atoms with Crippen molar-refractivity contribution in [3.05, 3.63) is 29.8 Å². The van der Waals surface area contributed by atoms with Gasteiger partial charge in [-0.05, 0) is 30.4 Å². The second kappa shape index (κ2) is 5.62. The topological polar surface area (TPSA) is 35.5 Å². The molecule has 4 rings (SSSR count). The standard InChI is InChI=1S/C18H26N2O/c21-12-17-18-14-8-4-5-9-15(14)19-10-16(18)20(17)11-13-6-2-1-3-7-13/h4-5,8-9,13,16-19,21H,1-3,6-7,10-12H2/t16-,17+,18+/m1/s1. The number of hydrogen-bond acceptors (Lipinski definition) is 3. The molecule has 1 aromatic carbocycles. The number of aliphatic hydroxyl groups excluding tert-OH is 1. The minimum atomic E-state index is 0.294. The van der Waals surface area contributed by atoms with Crippen molar-refractivity contribution < 1.29 is 5.11 Å². The monoisotopic (exact) mass is 286 g/mol. The summed E-state index contributed by atoms with van der Waals surface area (Å²) >= 11 is 0. The van der Waals surface area contributed by atoms with Gasteiger partial charge in [-0.15, -0.1) is 0 Å². The highest BCUT2D eigenvalue weighted by Gasteiger charge is 2.51. The molecular weight excluding hydrogens is 260 g/mol. The molecule has 114 valence electrons. The molecule has 21 heavy (non-hydrogen) atoms. The summed E-state index contributed by atoms with van der Waals surface area (Å²) in [5, 5.41) is 13.5. The molecule has 3 aliphatic rings. The number of anilines is 1. The number of nitrogens with one attached hydrogen (secondary N) is 1. The lowest BCUT2D eigenvalue weighted by Gasteiger charge is -2.58. The Labute approximate surface area is 127 Å². The van der Waals surface area contributed by atoms with Crippen LogP contribution in [0.5, 0.6) is 0 Å². The van der Waals surface area contributed by atoms with E-state index in [9.17, 15) is 5.11 Å². The summed E-state index contributed by atoms with van der Waals surface area (Å²) < 4.78 is 0. The van der Waals surface area contributed by atoms with E-state index in [1.807, 2.05) is 0 Å². The Morgan fingerprint density at radius 2 is 1.95 bits per heavy atom. The Balaban J connectivity index is 1.51. The number of nitrogens with zero attached hydrogens (tertiary/aromatic N) is 1. The minimum Gasteiger partial charge on any atom is -0.395 e. The third-order valence-corrected chi connectivity index (χ3v) is 5.88. The summed E-state index contributed by atoms with van der Waals surface area (Å²) in [4.78, 5) is 2.59. The third-order valence-electron chi connectivity index (χ3n) is 5.88. The molecular formula is C18H26N2O. The minimum absolute atomic E-state index is 0.294. The summed E-state index contributed by atoms with van der Waals surface area (Å²) in [5.74, 6) is 1.38. The third kappa shape index (κ3) is 2.27. The maximum absolute atomic E-state index is 9.89. The van der Waals surface area contributed by atoms with Gasteiger partial charge in [-0.2, -0.15) is 0 Å². The molecule has 2 aliphatic heterocycles. The molecule has 1 saturated heterocycles. The lowest BCUT2D eigenvalue weighted by molar-refractivity contribution is -0.0519. The van der Waals surface area contributed by atoms with Gasteiger partial charge in [0, 0.05) is 36.8 Å². The molecule has 1 saturated carbocycles. The zero-order valence-corrected chi connectivity index (χ0v) is 12.7. The van der Waals surface area contributed by atoms with Crippen LogP contribution in [0.4, 0.5) is 5.69 Å². The van der Waals surface area contributed by atoms with Gasteiger partial charge in [0.2, 0.25) is 0 Å². The van der Waals surface area contributed by atoms with Crippen molar-refractivity contribution in [2.45, 2.75) is 50.1 Å². The van der Waals surface area contributed by atoms with Crippen molar-refractivity contribution in [1.29, 1.82) is 0 Å². The highest BCUT2D eigenvalue weighted by Crippen LogP contribution is 2.46. The van der Waals surface area contributed by atoms with Crippen LogP contribution < -0.4 is 5.32 Å². The van der Waals surface area contributed by atoms with Crippen LogP contribution in [0.15, 0.2) is 24.3 Å². The largest absolute Gasteiger partial charge is 0.395 e. The highest BCUT2D eigenvalue weighted by atomic mass is 16.3. The zero-order valence-electron chi connectivity index (χ0n) is 12.7. The Morgan fingerprint density at radius 1 is 1.14 bits per heavy atom. The number of likely N-dealkylation sites (tertiary alicyclic amines) is 1. The second-order valence-electron chi connectivity index (χ2n) is 7.01. The van der Waals surface area contributed by atoms with Crippen LogP contribution in [0.25, 0.3) is 0 Å². The van der Waals surface area contributed by atoms with E-state index in [1.54, 1.807) is 0 Å². The Morgan fingerprint density at radius 3 is 2.76 bits per heavy atom. The smallest absolute Gasteiger partial charge is 0.0593 e. The first-order valence-corrected chi connectivity index (χ1v) is 8.58. The molecule has 0 bridgehead atoms. The molecule has 0 radical (unpaired) electrons. The number of rotatable bonds is 3. The van der Waals surface area contributed by atoms with E-state index in [0.29, 0.717) is 24.6 Å². The second-order valence-corrected chi connectivity index (χ2v) is 7.01. The van der Waals surface area contributed by atoms with Gasteiger partial charge in [0.15, 0.2) is 0 Å². The normalized spacial score (nSPS) is 32.7. The van der Waals surface area contributed by atoms with Gasteiger partial charge in [-0.3, -0.25) is 4.90 Å². The van der Waals surface area contributed by atoms with E-state index in [2.05, 4.69) is 34.5 Å². The van der Waals surface area contributed by atoms with Crippen LogP contribution in [-0.4, -0.2) is 41.8 Å². The predicted molar refractivity (Wildman–Crippen MR) is 85.6 cm³/mol. The Hall–Kier alpha value is -1.06. The molecule has 2 heterocycles. The molecule has 0 unspecified atom stereocenters. The molecule has 1 aliphatic carbocycles. The summed E-state index contributed by atoms with van der Waals surface area (Å²) in [6.07, 6.45) is 6.99. The Kier molecular flexibility index (Phi) is 3.64. The van der Waals surface area contributed by atoms with Gasteiger partial charge in [-0.1, -0.05) is 37.5 Å². The van der Waals surface area contributed by atoms with Gasteiger partial charge in [-0.25, -0.2) is 0 Å². The number of benzene rings is 1. The summed E-state index contributed by atoms with van der Waals surface area (Å²) in [5.41, 5.74) is 2.68. The van der Waals surface area contributed by atoms with E-state index in [4.69, 9.17) is 0 Å². The van der Waals surface area contributed by atoms with Gasteiger partial charge in [0.25, 0.3) is 0 Å². The zero-order chi connectivity index (χ0) is 14.2. The van der Waals surface area contributed by atoms with Gasteiger partial charge in [0.1, 0.15) is 0 Å². The molecule has 0 spiro atoms. The van der Waals surface area contributed by atoms with Crippen molar-refractivity contribution in [3.8, 4) is 0 Å². The molecule has 1 aromatic rings. The molecule has 3 atom stereocenters. The van der Waals surface area contributed by atoms with E-state index in [1.165, 1.54) is 49.9 Å². The fourth-order valence-electron chi connectivity index (χ4n) is 4.79. The van der Waals surface area contributed by atoms with E-state index >= 15 is 0 Å². The number of fused-ring (bicyclic) bond motifs is 3. The number of para-hydroxylation sites is 1. The lowest BCUT2D eigenvalue weighted by Crippen LogP contribution is -2.68. The molecule has 0 aromatic heterocycles. The highest BCUT2D eigenvalue weighted by molar-refractivity contribution is 5.57. The fraction of sp³-hybridized carbons (Fsp3) is 0.667. The van der Waals surface area contributed by atoms with Gasteiger partial charge in [0.05, 0.1) is 6.61 Å². The first-order chi connectivity index (χ1) is 10.4. The molecule has 0 amide bonds. The van der Waals surface area contributed by atoms with Crippen LogP contribution in [0.2, 0.25) is 0 Å². The summed E-state index contributed by atoms with van der Waals surface area (Å²) in [6, 6.07) is 9.54. The van der Waals surface area contributed by atoms with Crippen LogP contribution in [0.3, 0.4) is 0 Å². The van der Waals surface area contributed by atoms with Crippen molar-refractivity contribution >= 4 is 5.69 Å². The lowest BCUT2D eigenvalue weighted by atomic mass is 9.71. The van der Waals surface area contributed by atoms with E-state index in [0.717, 1.165) is 12.5 Å². The average molecular weight is 286 g/mol. The fourth-order valence-corrected chi connectivity index (χ4v) is 4.79. The first kappa shape index (κ1) is 13.6. The van der Waals surface area contributed by atoms with Crippen molar-refractivity contribution in [2.75, 3.05) is 25.0 Å². The SMILES string of the molecule is OC[C@H]1[C@H]2c3ccccc3NC[C@H]2N1CC1CCCCC1. The van der Waals surface area contributed by atoms with Crippen molar-refractivity contribution in [2.24, 2.45) is 5.92 Å². The van der Waals surface area contributed by atoms with Crippen LogP contribution in [0, 0.1) is 5.92 Å². The first-order valence-electron chi connectivity index (χ1n) is 8.58. The van der Waals surface area contributed by atoms with Crippen LogP contribution >= 0.6 is 0 Å². The summed E-state index contributed by atoms with van der Waals surface area (Å²) in [6.45, 7) is 2.52. The number of aliphatic hydroxyl groups is 1. The van der Waals surface area contributed by atoms with Crippen LogP contribution in [0.1, 0.15) is 43.6 Å². The Bertz CT molecular complexity index is 498. The molecule has 2 N–H and O–H groups in total. The quantitative estimate of drug-likeness (QED) is 0.897. The summed E-state index contributed by atoms with van der Waals surface area (Å²) in [7, 11) is 0. The predicted octanol–water partition coefficient (Wildman–Crippen LogP) is 2.82. The number of hydrogen-bond donors (Lipinski definition) is 2. The molecule has 3 heteroatoms. The van der Waals surface area contributed by atoms with Crippen molar-refractivity contribution in [3.63, 3.8) is 0 Å². The van der Waals surface area contributed by atoms with Crippen molar-refractivity contribution in [1.82, 2.24) is 4.90 Å². The average Bonchev–Trinajstić information content (AvgIpc) is 2.54. The van der Waals surface area contributed by atoms with E-state index < -0.39 is 0 Å². The maximum Gasteiger partial charge on any atom is 0.0593 e. The van der Waals surface area contributed by atoms with Crippen LogP contribution in [-0.2, 0) is 0 Å². The molecule has 2 fully saturated rings.